The topological polar surface area (TPSA) is 48.4 Å². The van der Waals surface area contributed by atoms with Gasteiger partial charge < -0.3 is 9.47 Å². The molecule has 0 aliphatic carbocycles. The fourth-order valence-electron chi connectivity index (χ4n) is 2.02. The highest BCUT2D eigenvalue weighted by atomic mass is 32.1. The standard InChI is InChI=1S/C16H17NO3S/c1-10(9-14(18)20-4)16-15(17-11(2)21-16)12-7-5-6-8-13(12)19-3/h5-9H,1-4H3/b10-9+. The maximum atomic E-state index is 11.4. The summed E-state index contributed by atoms with van der Waals surface area (Å²) in [7, 11) is 3.00. The van der Waals surface area contributed by atoms with Gasteiger partial charge >= 0.3 is 5.97 Å². The molecule has 0 bridgehead atoms. The number of carbonyl (C=O) groups excluding carboxylic acids is 1. The SMILES string of the molecule is COC(=O)/C=C(\C)c1sc(C)nc1-c1ccccc1OC. The largest absolute Gasteiger partial charge is 0.496 e. The number of nitrogens with zero attached hydrogens (tertiary/aromatic N) is 1. The molecule has 0 unspecified atom stereocenters. The van der Waals surface area contributed by atoms with Gasteiger partial charge in [0.2, 0.25) is 0 Å². The number of rotatable bonds is 4. The molecule has 2 rings (SSSR count). The average molecular weight is 303 g/mol. The van der Waals surface area contributed by atoms with E-state index in [9.17, 15) is 4.79 Å². The molecule has 110 valence electrons. The Labute approximate surface area is 128 Å². The van der Waals surface area contributed by atoms with Crippen molar-refractivity contribution < 1.29 is 14.3 Å². The molecular formula is C16H17NO3S. The Bertz CT molecular complexity index is 689. The third kappa shape index (κ3) is 3.31. The first-order chi connectivity index (χ1) is 10.1. The number of aryl methyl sites for hydroxylation is 1. The van der Waals surface area contributed by atoms with E-state index in [4.69, 9.17) is 4.74 Å². The summed E-state index contributed by atoms with van der Waals surface area (Å²) < 4.78 is 10.1. The Kier molecular flexibility index (Phi) is 4.75. The molecule has 4 nitrogen and oxygen atoms in total. The van der Waals surface area contributed by atoms with Crippen LogP contribution >= 0.6 is 11.3 Å². The van der Waals surface area contributed by atoms with Crippen molar-refractivity contribution in [2.45, 2.75) is 13.8 Å². The molecule has 0 saturated heterocycles. The molecule has 0 amide bonds. The van der Waals surface area contributed by atoms with Crippen LogP contribution < -0.4 is 4.74 Å². The van der Waals surface area contributed by atoms with E-state index >= 15 is 0 Å². The summed E-state index contributed by atoms with van der Waals surface area (Å²) in [6.07, 6.45) is 1.48. The quantitative estimate of drug-likeness (QED) is 0.638. The molecule has 0 spiro atoms. The lowest BCUT2D eigenvalue weighted by Crippen LogP contribution is -1.96. The van der Waals surface area contributed by atoms with E-state index in [0.717, 1.165) is 32.5 Å². The summed E-state index contributed by atoms with van der Waals surface area (Å²) in [4.78, 5) is 17.0. The monoisotopic (exact) mass is 303 g/mol. The van der Waals surface area contributed by atoms with Gasteiger partial charge in [-0.25, -0.2) is 9.78 Å². The van der Waals surface area contributed by atoms with Crippen LogP contribution in [0.5, 0.6) is 5.75 Å². The van der Waals surface area contributed by atoms with Gasteiger partial charge in [-0.2, -0.15) is 0 Å². The Hall–Kier alpha value is -2.14. The second kappa shape index (κ2) is 6.54. The Morgan fingerprint density at radius 3 is 2.67 bits per heavy atom. The van der Waals surface area contributed by atoms with Crippen LogP contribution in [0.4, 0.5) is 0 Å². The second-order valence-corrected chi connectivity index (χ2v) is 5.66. The van der Waals surface area contributed by atoms with E-state index in [0.29, 0.717) is 0 Å². The molecule has 1 aromatic heterocycles. The van der Waals surface area contributed by atoms with Crippen LogP contribution in [0.3, 0.4) is 0 Å². The number of allylic oxidation sites excluding steroid dienone is 1. The average Bonchev–Trinajstić information content (AvgIpc) is 2.88. The van der Waals surface area contributed by atoms with Crippen molar-refractivity contribution >= 4 is 22.9 Å². The number of hydrogen-bond donors (Lipinski definition) is 0. The molecule has 2 aromatic rings. The molecule has 0 aliphatic rings. The highest BCUT2D eigenvalue weighted by Crippen LogP contribution is 2.37. The fraction of sp³-hybridized carbons (Fsp3) is 0.250. The number of hydrogen-bond acceptors (Lipinski definition) is 5. The van der Waals surface area contributed by atoms with Crippen molar-refractivity contribution in [3.63, 3.8) is 0 Å². The van der Waals surface area contributed by atoms with Gasteiger partial charge in [0.25, 0.3) is 0 Å². The van der Waals surface area contributed by atoms with Crippen molar-refractivity contribution in [3.05, 3.63) is 40.2 Å². The highest BCUT2D eigenvalue weighted by Gasteiger charge is 2.16. The smallest absolute Gasteiger partial charge is 0.330 e. The Morgan fingerprint density at radius 1 is 1.29 bits per heavy atom. The van der Waals surface area contributed by atoms with Gasteiger partial charge in [-0.15, -0.1) is 11.3 Å². The summed E-state index contributed by atoms with van der Waals surface area (Å²) in [5.41, 5.74) is 2.57. The van der Waals surface area contributed by atoms with Crippen molar-refractivity contribution in [2.24, 2.45) is 0 Å². The third-order valence-corrected chi connectivity index (χ3v) is 4.10. The van der Waals surface area contributed by atoms with Gasteiger partial charge in [0.1, 0.15) is 5.75 Å². The van der Waals surface area contributed by atoms with E-state index in [1.165, 1.54) is 13.2 Å². The predicted molar refractivity (Wildman–Crippen MR) is 84.5 cm³/mol. The van der Waals surface area contributed by atoms with Crippen LogP contribution in [0, 0.1) is 6.92 Å². The van der Waals surface area contributed by atoms with E-state index < -0.39 is 0 Å². The first-order valence-corrected chi connectivity index (χ1v) is 7.26. The minimum Gasteiger partial charge on any atom is -0.496 e. The number of methoxy groups -OCH3 is 2. The number of ether oxygens (including phenoxy) is 2. The van der Waals surface area contributed by atoms with Crippen LogP contribution in [0.2, 0.25) is 0 Å². The zero-order valence-electron chi connectivity index (χ0n) is 12.5. The van der Waals surface area contributed by atoms with Crippen molar-refractivity contribution in [2.75, 3.05) is 14.2 Å². The van der Waals surface area contributed by atoms with Crippen LogP contribution in [-0.4, -0.2) is 25.2 Å². The first-order valence-electron chi connectivity index (χ1n) is 6.44. The minimum absolute atomic E-state index is 0.371. The summed E-state index contributed by atoms with van der Waals surface area (Å²) in [5.74, 6) is 0.388. The minimum atomic E-state index is -0.371. The molecule has 0 radical (unpaired) electrons. The lowest BCUT2D eigenvalue weighted by molar-refractivity contribution is -0.134. The van der Waals surface area contributed by atoms with E-state index in [-0.39, 0.29) is 5.97 Å². The molecule has 0 saturated carbocycles. The van der Waals surface area contributed by atoms with Crippen LogP contribution in [0.25, 0.3) is 16.8 Å². The Morgan fingerprint density at radius 2 is 2.00 bits per heavy atom. The summed E-state index contributed by atoms with van der Waals surface area (Å²) >= 11 is 1.55. The number of benzene rings is 1. The normalized spacial score (nSPS) is 11.3. The number of para-hydroxylation sites is 1. The van der Waals surface area contributed by atoms with E-state index in [2.05, 4.69) is 9.72 Å². The van der Waals surface area contributed by atoms with Crippen LogP contribution in [-0.2, 0) is 9.53 Å². The van der Waals surface area contributed by atoms with Gasteiger partial charge in [-0.3, -0.25) is 0 Å². The van der Waals surface area contributed by atoms with E-state index in [1.807, 2.05) is 38.1 Å². The fourth-order valence-corrected chi connectivity index (χ4v) is 2.92. The van der Waals surface area contributed by atoms with Crippen molar-refractivity contribution in [1.82, 2.24) is 4.98 Å². The van der Waals surface area contributed by atoms with E-state index in [1.54, 1.807) is 18.4 Å². The number of aromatic nitrogens is 1. The predicted octanol–water partition coefficient (Wildman–Crippen LogP) is 3.70. The molecule has 1 heterocycles. The second-order valence-electron chi connectivity index (χ2n) is 4.46. The molecule has 1 aromatic carbocycles. The summed E-state index contributed by atoms with van der Waals surface area (Å²) in [6, 6.07) is 7.71. The van der Waals surface area contributed by atoms with Gasteiger partial charge in [0.15, 0.2) is 0 Å². The third-order valence-electron chi connectivity index (χ3n) is 2.99. The molecule has 0 fully saturated rings. The molecular weight excluding hydrogens is 286 g/mol. The molecule has 5 heteroatoms. The van der Waals surface area contributed by atoms with Gasteiger partial charge in [-0.05, 0) is 31.6 Å². The first kappa shape index (κ1) is 15.3. The van der Waals surface area contributed by atoms with Crippen LogP contribution in [0.15, 0.2) is 30.3 Å². The molecule has 21 heavy (non-hydrogen) atoms. The van der Waals surface area contributed by atoms with Crippen LogP contribution in [0.1, 0.15) is 16.8 Å². The highest BCUT2D eigenvalue weighted by molar-refractivity contribution is 7.13. The number of carbonyl (C=O) groups is 1. The van der Waals surface area contributed by atoms with Crippen molar-refractivity contribution in [3.8, 4) is 17.0 Å². The maximum absolute atomic E-state index is 11.4. The Balaban J connectivity index is 2.56. The van der Waals surface area contributed by atoms with Crippen molar-refractivity contribution in [1.29, 1.82) is 0 Å². The molecule has 0 aliphatic heterocycles. The summed E-state index contributed by atoms with van der Waals surface area (Å²) in [6.45, 7) is 3.82. The lowest BCUT2D eigenvalue weighted by atomic mass is 10.1. The molecule has 0 atom stereocenters. The van der Waals surface area contributed by atoms with Gasteiger partial charge in [0.05, 0.1) is 29.8 Å². The molecule has 0 N–H and O–H groups in total. The zero-order chi connectivity index (χ0) is 15.4. The zero-order valence-corrected chi connectivity index (χ0v) is 13.3. The van der Waals surface area contributed by atoms with Gasteiger partial charge in [-0.1, -0.05) is 12.1 Å². The maximum Gasteiger partial charge on any atom is 0.330 e. The van der Waals surface area contributed by atoms with Gasteiger partial charge in [0, 0.05) is 11.6 Å². The lowest BCUT2D eigenvalue weighted by Gasteiger charge is -2.08. The number of esters is 1. The summed E-state index contributed by atoms with van der Waals surface area (Å²) in [5, 5.41) is 0.934. The number of thiazole rings is 1.